The predicted octanol–water partition coefficient (Wildman–Crippen LogP) is 2.67. The van der Waals surface area contributed by atoms with Crippen molar-refractivity contribution in [3.63, 3.8) is 0 Å². The zero-order valence-corrected chi connectivity index (χ0v) is 27.5. The van der Waals surface area contributed by atoms with Crippen LogP contribution in [0.2, 0.25) is 0 Å². The van der Waals surface area contributed by atoms with E-state index in [0.29, 0.717) is 29.2 Å². The molecule has 0 aromatic heterocycles. The van der Waals surface area contributed by atoms with Crippen LogP contribution in [0.25, 0.3) is 0 Å². The molecule has 0 unspecified atom stereocenters. The Balaban J connectivity index is 2.08. The quantitative estimate of drug-likeness (QED) is 0.230. The van der Waals surface area contributed by atoms with Crippen molar-refractivity contribution in [2.24, 2.45) is 0 Å². The van der Waals surface area contributed by atoms with Crippen molar-refractivity contribution in [2.75, 3.05) is 35.0 Å². The van der Waals surface area contributed by atoms with E-state index >= 15 is 0 Å². The molecule has 1 aliphatic heterocycles. The van der Waals surface area contributed by atoms with Crippen molar-refractivity contribution in [3.8, 4) is 34.5 Å². The molecule has 47 heavy (non-hydrogen) atoms. The number of aromatic hydroxyl groups is 1. The summed E-state index contributed by atoms with van der Waals surface area (Å²) in [4.78, 5) is 48.2. The summed E-state index contributed by atoms with van der Waals surface area (Å²) in [5.74, 6) is -2.16. The van der Waals surface area contributed by atoms with E-state index in [1.807, 2.05) is 0 Å². The molecule has 0 aliphatic carbocycles. The summed E-state index contributed by atoms with van der Waals surface area (Å²) >= 11 is 0. The molecule has 0 saturated carbocycles. The summed E-state index contributed by atoms with van der Waals surface area (Å²) < 4.78 is 55.4. The number of rotatable bonds is 14. The van der Waals surface area contributed by atoms with Crippen LogP contribution in [0.1, 0.15) is 38.8 Å². The van der Waals surface area contributed by atoms with Crippen molar-refractivity contribution in [1.82, 2.24) is 0 Å². The molecule has 1 heterocycles. The lowest BCUT2D eigenvalue weighted by molar-refractivity contribution is -0.288. The van der Waals surface area contributed by atoms with Gasteiger partial charge in [0.25, 0.3) is 0 Å². The van der Waals surface area contributed by atoms with Crippen molar-refractivity contribution < 1.29 is 71.7 Å². The fourth-order valence-corrected chi connectivity index (χ4v) is 5.05. The van der Waals surface area contributed by atoms with E-state index in [1.165, 1.54) is 28.4 Å². The summed E-state index contributed by atoms with van der Waals surface area (Å²) in [6, 6.07) is 6.77. The number of phenols is 1. The fourth-order valence-electron chi connectivity index (χ4n) is 5.05. The van der Waals surface area contributed by atoms with Gasteiger partial charge in [-0.05, 0) is 42.2 Å². The maximum Gasteiger partial charge on any atom is 0.303 e. The Kier molecular flexibility index (Phi) is 12.9. The number of esters is 4. The molecule has 15 heteroatoms. The van der Waals surface area contributed by atoms with E-state index in [-0.39, 0.29) is 17.9 Å². The van der Waals surface area contributed by atoms with Crippen LogP contribution in [0, 0.1) is 0 Å². The zero-order valence-electron chi connectivity index (χ0n) is 27.5. The molecule has 2 aromatic carbocycles. The van der Waals surface area contributed by atoms with Gasteiger partial charge < -0.3 is 52.5 Å². The van der Waals surface area contributed by atoms with Gasteiger partial charge in [0.1, 0.15) is 12.7 Å². The lowest BCUT2D eigenvalue weighted by Gasteiger charge is -2.44. The standard InChI is InChI=1S/C32H40O15/c1-16(33)42-15-25-29(43-17(2)34)30(44-18(3)35)31(45-19(4)36)32(46-25)47-27-21(11-12-22(38-5)26(27)37)10-9-20-13-23(39-6)28(41-8)24(14-20)40-7/h11-14,25,29-32,37H,9-10,15H2,1-8H3/t25-,29-,30+,31-,32+/m1/s1. The topological polar surface area (TPSA) is 181 Å². The average molecular weight is 665 g/mol. The van der Waals surface area contributed by atoms with Crippen molar-refractivity contribution >= 4 is 23.9 Å². The van der Waals surface area contributed by atoms with Crippen molar-refractivity contribution in [3.05, 3.63) is 35.4 Å². The molecule has 5 atom stereocenters. The second-order valence-electron chi connectivity index (χ2n) is 10.3. The smallest absolute Gasteiger partial charge is 0.303 e. The van der Waals surface area contributed by atoms with Crippen molar-refractivity contribution in [2.45, 2.75) is 71.2 Å². The molecule has 1 fully saturated rings. The molecule has 1 N–H and O–H groups in total. The highest BCUT2D eigenvalue weighted by Gasteiger charge is 2.53. The summed E-state index contributed by atoms with van der Waals surface area (Å²) in [5, 5.41) is 11.2. The number of hydrogen-bond donors (Lipinski definition) is 1. The number of ether oxygens (including phenoxy) is 10. The Labute approximate surface area is 271 Å². The molecule has 0 amide bonds. The van der Waals surface area contributed by atoms with Crippen LogP contribution in [-0.2, 0) is 55.7 Å². The Morgan fingerprint density at radius 3 is 1.74 bits per heavy atom. The molecule has 2 aromatic rings. The minimum atomic E-state index is -1.58. The molecule has 1 aliphatic rings. The SMILES string of the molecule is COc1ccc(CCc2cc(OC)c(OC)c(OC)c2)c(O[C@@H]2O[C@H](COC(C)=O)[C@@H](OC(C)=O)[C@H](OC(C)=O)[C@H]2OC(C)=O)c1O. The van der Waals surface area contributed by atoms with Crippen molar-refractivity contribution in [1.29, 1.82) is 0 Å². The molecular formula is C32H40O15. The minimum Gasteiger partial charge on any atom is -0.502 e. The number of carbonyl (C=O) groups is 4. The van der Waals surface area contributed by atoms with Crippen LogP contribution in [0.5, 0.6) is 34.5 Å². The van der Waals surface area contributed by atoms with E-state index in [1.54, 1.807) is 24.3 Å². The lowest BCUT2D eigenvalue weighted by atomic mass is 9.97. The Morgan fingerprint density at radius 1 is 0.681 bits per heavy atom. The molecule has 0 bridgehead atoms. The van der Waals surface area contributed by atoms with Crippen LogP contribution in [-0.4, -0.2) is 94.7 Å². The maximum absolute atomic E-state index is 12.3. The summed E-state index contributed by atoms with van der Waals surface area (Å²) in [5.41, 5.74) is 1.28. The third-order valence-electron chi connectivity index (χ3n) is 6.99. The molecule has 0 spiro atoms. The molecule has 258 valence electrons. The number of phenolic OH excluding ortho intramolecular Hbond substituents is 1. The lowest BCUT2D eigenvalue weighted by Crippen LogP contribution is -2.63. The van der Waals surface area contributed by atoms with Gasteiger partial charge in [-0.3, -0.25) is 19.2 Å². The average Bonchev–Trinajstić information content (AvgIpc) is 3.01. The fraction of sp³-hybridized carbons (Fsp3) is 0.500. The van der Waals surface area contributed by atoms with Gasteiger partial charge in [-0.15, -0.1) is 0 Å². The van der Waals surface area contributed by atoms with Crippen LogP contribution < -0.4 is 23.7 Å². The number of aryl methyl sites for hydroxylation is 2. The van der Waals surface area contributed by atoms with E-state index < -0.39 is 66.9 Å². The second kappa shape index (κ2) is 16.6. The van der Waals surface area contributed by atoms with Gasteiger partial charge in [-0.2, -0.15) is 0 Å². The van der Waals surface area contributed by atoms with Crippen LogP contribution >= 0.6 is 0 Å². The zero-order chi connectivity index (χ0) is 34.8. The van der Waals surface area contributed by atoms with Gasteiger partial charge in [0, 0.05) is 27.7 Å². The van der Waals surface area contributed by atoms with Gasteiger partial charge in [0.05, 0.1) is 28.4 Å². The number of benzene rings is 2. The first kappa shape index (κ1) is 36.5. The van der Waals surface area contributed by atoms with Crippen LogP contribution in [0.15, 0.2) is 24.3 Å². The highest BCUT2D eigenvalue weighted by atomic mass is 16.7. The summed E-state index contributed by atoms with van der Waals surface area (Å²) in [7, 11) is 5.85. The first-order valence-electron chi connectivity index (χ1n) is 14.5. The molecule has 1 saturated heterocycles. The van der Waals surface area contributed by atoms with E-state index in [2.05, 4.69) is 0 Å². The van der Waals surface area contributed by atoms with Crippen LogP contribution in [0.4, 0.5) is 0 Å². The second-order valence-corrected chi connectivity index (χ2v) is 10.3. The minimum absolute atomic E-state index is 0.0576. The van der Waals surface area contributed by atoms with E-state index in [9.17, 15) is 24.3 Å². The highest BCUT2D eigenvalue weighted by Crippen LogP contribution is 2.43. The van der Waals surface area contributed by atoms with Gasteiger partial charge in [-0.25, -0.2) is 0 Å². The number of methoxy groups -OCH3 is 4. The van der Waals surface area contributed by atoms with Gasteiger partial charge in [-0.1, -0.05) is 6.07 Å². The number of hydrogen-bond acceptors (Lipinski definition) is 15. The molecular weight excluding hydrogens is 624 g/mol. The third kappa shape index (κ3) is 9.31. The number of carbonyl (C=O) groups excluding carboxylic acids is 4. The predicted molar refractivity (Wildman–Crippen MR) is 161 cm³/mol. The Morgan fingerprint density at radius 2 is 1.23 bits per heavy atom. The van der Waals surface area contributed by atoms with Gasteiger partial charge >= 0.3 is 23.9 Å². The largest absolute Gasteiger partial charge is 0.502 e. The van der Waals surface area contributed by atoms with E-state index in [4.69, 9.17) is 47.4 Å². The van der Waals surface area contributed by atoms with Gasteiger partial charge in [0.15, 0.2) is 35.2 Å². The monoisotopic (exact) mass is 664 g/mol. The molecule has 3 rings (SSSR count). The van der Waals surface area contributed by atoms with Gasteiger partial charge in [0.2, 0.25) is 23.9 Å². The Hall–Kier alpha value is -4.92. The summed E-state index contributed by atoms with van der Waals surface area (Å²) in [6.07, 6.45) is -6.49. The third-order valence-corrected chi connectivity index (χ3v) is 6.99. The first-order valence-corrected chi connectivity index (χ1v) is 14.5. The first-order chi connectivity index (χ1) is 22.3. The van der Waals surface area contributed by atoms with E-state index in [0.717, 1.165) is 33.3 Å². The highest BCUT2D eigenvalue weighted by molar-refractivity contribution is 5.69. The van der Waals surface area contributed by atoms with Crippen LogP contribution in [0.3, 0.4) is 0 Å². The normalized spacial score (nSPS) is 20.3. The summed E-state index contributed by atoms with van der Waals surface area (Å²) in [6.45, 7) is 4.05. The Bertz CT molecular complexity index is 1410. The molecule has 0 radical (unpaired) electrons. The molecule has 15 nitrogen and oxygen atoms in total. The maximum atomic E-state index is 12.3.